The van der Waals surface area contributed by atoms with E-state index < -0.39 is 52.0 Å². The molecule has 0 aromatic heterocycles. The quantitative estimate of drug-likeness (QED) is 0.308. The molecule has 8 nitrogen and oxygen atoms in total. The van der Waals surface area contributed by atoms with Crippen LogP contribution in [0.3, 0.4) is 0 Å². The zero-order valence-electron chi connectivity index (χ0n) is 18.9. The molecule has 1 fully saturated rings. The van der Waals surface area contributed by atoms with Crippen molar-refractivity contribution in [3.63, 3.8) is 0 Å². The number of aliphatic hydroxyl groups excluding tert-OH is 2. The van der Waals surface area contributed by atoms with Crippen molar-refractivity contribution < 1.29 is 34.8 Å². The average molecular weight is 475 g/mol. The summed E-state index contributed by atoms with van der Waals surface area (Å²) < 4.78 is 0. The van der Waals surface area contributed by atoms with Gasteiger partial charge in [0.1, 0.15) is 22.8 Å². The third-order valence-corrected chi connectivity index (χ3v) is 7.60. The molecule has 1 amide bonds. The molecule has 1 saturated carbocycles. The van der Waals surface area contributed by atoms with Crippen molar-refractivity contribution in [3.05, 3.63) is 57.4 Å². The van der Waals surface area contributed by atoms with Crippen LogP contribution in [0, 0.1) is 23.7 Å². The Labute approximate surface area is 201 Å². The summed E-state index contributed by atoms with van der Waals surface area (Å²) in [6.07, 6.45) is 6.20. The van der Waals surface area contributed by atoms with Crippen LogP contribution in [0.5, 0.6) is 5.75 Å². The minimum absolute atomic E-state index is 0.0570. The van der Waals surface area contributed by atoms with Crippen LogP contribution >= 0.6 is 0 Å². The van der Waals surface area contributed by atoms with E-state index in [0.717, 1.165) is 31.3 Å². The molecular formula is C27H25NO7. The number of allylic oxidation sites excluding steroid dienone is 2. The number of ketones is 2. The number of carbonyl (C=O) groups is 3. The van der Waals surface area contributed by atoms with Crippen molar-refractivity contribution in [1.29, 1.82) is 0 Å². The first kappa shape index (κ1) is 22.9. The Morgan fingerprint density at radius 1 is 1.09 bits per heavy atom. The number of fused-ring (bicyclic) bond motifs is 3. The smallest absolute Gasteiger partial charge is 0.255 e. The van der Waals surface area contributed by atoms with Crippen LogP contribution < -0.4 is 5.73 Å². The Bertz CT molecular complexity index is 1350. The summed E-state index contributed by atoms with van der Waals surface area (Å²) >= 11 is 0. The van der Waals surface area contributed by atoms with Gasteiger partial charge in [0.2, 0.25) is 5.78 Å². The van der Waals surface area contributed by atoms with E-state index in [9.17, 15) is 34.8 Å². The van der Waals surface area contributed by atoms with Gasteiger partial charge in [-0.2, -0.15) is 0 Å². The lowest BCUT2D eigenvalue weighted by Crippen LogP contribution is -2.58. The lowest BCUT2D eigenvalue weighted by atomic mass is 9.59. The van der Waals surface area contributed by atoms with E-state index in [4.69, 9.17) is 5.73 Å². The van der Waals surface area contributed by atoms with Gasteiger partial charge in [-0.15, -0.1) is 0 Å². The van der Waals surface area contributed by atoms with Gasteiger partial charge in [-0.3, -0.25) is 14.4 Å². The van der Waals surface area contributed by atoms with Gasteiger partial charge < -0.3 is 26.2 Å². The summed E-state index contributed by atoms with van der Waals surface area (Å²) in [4.78, 5) is 37.7. The molecule has 0 spiro atoms. The number of benzene rings is 1. The predicted octanol–water partition coefficient (Wildman–Crippen LogP) is 2.28. The van der Waals surface area contributed by atoms with Gasteiger partial charge in [0.05, 0.1) is 5.56 Å². The van der Waals surface area contributed by atoms with Crippen molar-refractivity contribution in [2.75, 3.05) is 0 Å². The van der Waals surface area contributed by atoms with Crippen LogP contribution in [0.2, 0.25) is 0 Å². The van der Waals surface area contributed by atoms with Crippen molar-refractivity contribution in [2.45, 2.75) is 50.5 Å². The molecule has 3 unspecified atom stereocenters. The molecule has 0 radical (unpaired) electrons. The maximum atomic E-state index is 13.5. The summed E-state index contributed by atoms with van der Waals surface area (Å²) in [5, 5.41) is 43.6. The zero-order chi connectivity index (χ0) is 25.1. The number of rotatable bonds is 1. The van der Waals surface area contributed by atoms with Crippen molar-refractivity contribution in [2.24, 2.45) is 17.6 Å². The normalized spacial score (nSPS) is 27.9. The van der Waals surface area contributed by atoms with Gasteiger partial charge in [0.15, 0.2) is 11.4 Å². The van der Waals surface area contributed by atoms with Gasteiger partial charge in [-0.25, -0.2) is 0 Å². The Morgan fingerprint density at radius 3 is 2.54 bits per heavy atom. The van der Waals surface area contributed by atoms with Crippen molar-refractivity contribution in [3.8, 4) is 17.6 Å². The number of hydrogen-bond acceptors (Lipinski definition) is 7. The molecule has 0 saturated heterocycles. The van der Waals surface area contributed by atoms with Crippen molar-refractivity contribution >= 4 is 23.2 Å². The number of carbonyl (C=O) groups excluding carboxylic acids is 3. The van der Waals surface area contributed by atoms with Crippen LogP contribution in [0.15, 0.2) is 40.7 Å². The fourth-order valence-corrected chi connectivity index (χ4v) is 5.84. The summed E-state index contributed by atoms with van der Waals surface area (Å²) in [6.45, 7) is 0. The SMILES string of the molecule is NC(=O)C1=C(O)C2(O)C(=O)C3=C(O)c4c(O)ccc(C#CC5=CCCCC5)c4CC3CC2CC1=O. The van der Waals surface area contributed by atoms with Crippen LogP contribution in [-0.2, 0) is 20.8 Å². The molecule has 1 aromatic carbocycles. The van der Waals surface area contributed by atoms with Gasteiger partial charge >= 0.3 is 0 Å². The summed E-state index contributed by atoms with van der Waals surface area (Å²) in [6, 6.07) is 3.06. The molecule has 5 rings (SSSR count). The molecule has 6 N–H and O–H groups in total. The fourth-order valence-electron chi connectivity index (χ4n) is 5.84. The highest BCUT2D eigenvalue weighted by Crippen LogP contribution is 2.52. The number of aromatic hydroxyl groups is 1. The van der Waals surface area contributed by atoms with E-state index in [1.165, 1.54) is 6.07 Å². The molecule has 8 heteroatoms. The number of aliphatic hydroxyl groups is 3. The lowest BCUT2D eigenvalue weighted by molar-refractivity contribution is -0.147. The standard InChI is InChI=1S/C27H25NO7/c28-26(34)22-19(30)12-16-10-15-11-17-14(7-6-13-4-2-1-3-5-13)8-9-18(29)21(17)23(31)20(15)24(32)27(16,35)25(22)33/h4,8-9,15-16,29,31,33,35H,1-3,5,10-12H2,(H2,28,34). The fraction of sp³-hybridized carbons (Fsp3) is 0.370. The Hall–Kier alpha value is -3.83. The van der Waals surface area contributed by atoms with Crippen LogP contribution in [0.4, 0.5) is 0 Å². The van der Waals surface area contributed by atoms with Gasteiger partial charge in [-0.05, 0) is 67.7 Å². The van der Waals surface area contributed by atoms with E-state index >= 15 is 0 Å². The average Bonchev–Trinajstić information content (AvgIpc) is 2.81. The number of phenolic OH excluding ortho intramolecular Hbond substituents is 1. The van der Waals surface area contributed by atoms with E-state index in [1.54, 1.807) is 6.07 Å². The van der Waals surface area contributed by atoms with Crippen molar-refractivity contribution in [1.82, 2.24) is 0 Å². The Balaban J connectivity index is 1.63. The summed E-state index contributed by atoms with van der Waals surface area (Å²) in [5.74, 6) is -0.0619. The first-order chi connectivity index (χ1) is 16.6. The monoisotopic (exact) mass is 475 g/mol. The number of hydrogen-bond donors (Lipinski definition) is 5. The molecule has 0 bridgehead atoms. The molecule has 4 aliphatic rings. The number of nitrogens with two attached hydrogens (primary N) is 1. The zero-order valence-corrected chi connectivity index (χ0v) is 18.9. The highest BCUT2D eigenvalue weighted by Gasteiger charge is 2.60. The molecule has 35 heavy (non-hydrogen) atoms. The number of phenols is 1. The maximum absolute atomic E-state index is 13.5. The number of primary amides is 1. The second-order valence-electron chi connectivity index (χ2n) is 9.62. The second kappa shape index (κ2) is 8.14. The molecule has 3 atom stereocenters. The van der Waals surface area contributed by atoms with Gasteiger partial charge in [-0.1, -0.05) is 17.9 Å². The Kier molecular flexibility index (Phi) is 5.33. The first-order valence-electron chi connectivity index (χ1n) is 11.7. The minimum atomic E-state index is -2.56. The molecule has 1 aromatic rings. The second-order valence-corrected chi connectivity index (χ2v) is 9.62. The maximum Gasteiger partial charge on any atom is 0.255 e. The van der Waals surface area contributed by atoms with E-state index in [0.29, 0.717) is 11.1 Å². The topological polar surface area (TPSA) is 158 Å². The highest BCUT2D eigenvalue weighted by atomic mass is 16.3. The third-order valence-electron chi connectivity index (χ3n) is 7.60. The molecule has 4 aliphatic carbocycles. The molecule has 0 heterocycles. The summed E-state index contributed by atoms with van der Waals surface area (Å²) in [5.41, 5.74) is 3.98. The summed E-state index contributed by atoms with van der Waals surface area (Å²) in [7, 11) is 0. The third kappa shape index (κ3) is 3.38. The largest absolute Gasteiger partial charge is 0.508 e. The van der Waals surface area contributed by atoms with Gasteiger partial charge in [0.25, 0.3) is 5.91 Å². The molecule has 180 valence electrons. The minimum Gasteiger partial charge on any atom is -0.508 e. The highest BCUT2D eigenvalue weighted by molar-refractivity contribution is 6.22. The van der Waals surface area contributed by atoms with Gasteiger partial charge in [0, 0.05) is 23.5 Å². The van der Waals surface area contributed by atoms with E-state index in [2.05, 4.69) is 17.9 Å². The Morgan fingerprint density at radius 2 is 1.86 bits per heavy atom. The van der Waals surface area contributed by atoms with Crippen LogP contribution in [0.1, 0.15) is 55.2 Å². The molecular weight excluding hydrogens is 450 g/mol. The first-order valence-corrected chi connectivity index (χ1v) is 11.7. The predicted molar refractivity (Wildman–Crippen MR) is 125 cm³/mol. The van der Waals surface area contributed by atoms with E-state index in [-0.39, 0.29) is 36.1 Å². The van der Waals surface area contributed by atoms with E-state index in [1.807, 2.05) is 0 Å². The number of amides is 1. The molecule has 0 aliphatic heterocycles. The number of Topliss-reactive ketones (excluding diaryl/α,β-unsaturated/α-hetero) is 2. The van der Waals surface area contributed by atoms with Crippen LogP contribution in [0.25, 0.3) is 5.76 Å². The lowest BCUT2D eigenvalue weighted by Gasteiger charge is -2.46. The van der Waals surface area contributed by atoms with Crippen LogP contribution in [-0.4, -0.2) is 43.5 Å².